The highest BCUT2D eigenvalue weighted by molar-refractivity contribution is 6.30. The Hall–Kier alpha value is -0.820. The van der Waals surface area contributed by atoms with E-state index in [0.29, 0.717) is 5.92 Å². The predicted octanol–water partition coefficient (Wildman–Crippen LogP) is 7.92. The molecule has 2 heteroatoms. The monoisotopic (exact) mass is 362 g/mol. The standard InChI is InChI=1S/C23H32ClF/c1-2-3-4-5-17-6-8-18(9-7-17)19-10-12-20(13-11-19)21-14-15-23(25)22(24)16-21/h2,14-20H,1,3-13H2. The Labute approximate surface area is 157 Å². The highest BCUT2D eigenvalue weighted by Crippen LogP contribution is 2.44. The van der Waals surface area contributed by atoms with Gasteiger partial charge in [0.15, 0.2) is 0 Å². The van der Waals surface area contributed by atoms with E-state index in [4.69, 9.17) is 11.6 Å². The Morgan fingerprint density at radius 1 is 1.00 bits per heavy atom. The van der Waals surface area contributed by atoms with Crippen LogP contribution in [0.5, 0.6) is 0 Å². The molecule has 0 spiro atoms. The van der Waals surface area contributed by atoms with Crippen LogP contribution in [0, 0.1) is 23.6 Å². The Kier molecular flexibility index (Phi) is 6.99. The van der Waals surface area contributed by atoms with Gasteiger partial charge in [-0.3, -0.25) is 0 Å². The van der Waals surface area contributed by atoms with Crippen LogP contribution < -0.4 is 0 Å². The summed E-state index contributed by atoms with van der Waals surface area (Å²) in [5.74, 6) is 3.11. The van der Waals surface area contributed by atoms with Crippen molar-refractivity contribution in [2.24, 2.45) is 17.8 Å². The van der Waals surface area contributed by atoms with Crippen molar-refractivity contribution < 1.29 is 4.39 Å². The summed E-state index contributed by atoms with van der Waals surface area (Å²) in [6.07, 6.45) is 16.9. The first-order chi connectivity index (χ1) is 12.2. The molecule has 0 nitrogen and oxygen atoms in total. The summed E-state index contributed by atoms with van der Waals surface area (Å²) in [5.41, 5.74) is 1.23. The van der Waals surface area contributed by atoms with Gasteiger partial charge in [-0.25, -0.2) is 4.39 Å². The van der Waals surface area contributed by atoms with Crippen molar-refractivity contribution in [2.75, 3.05) is 0 Å². The molecule has 1 aromatic carbocycles. The molecule has 0 amide bonds. The fourth-order valence-corrected chi connectivity index (χ4v) is 5.38. The Morgan fingerprint density at radius 3 is 2.24 bits per heavy atom. The third kappa shape index (κ3) is 5.09. The molecule has 0 saturated heterocycles. The summed E-state index contributed by atoms with van der Waals surface area (Å²) in [5, 5.41) is 0.273. The third-order valence-electron chi connectivity index (χ3n) is 6.77. The van der Waals surface area contributed by atoms with Crippen molar-refractivity contribution in [1.29, 1.82) is 0 Å². The van der Waals surface area contributed by atoms with E-state index in [1.165, 1.54) is 82.3 Å². The van der Waals surface area contributed by atoms with E-state index in [1.54, 1.807) is 0 Å². The zero-order chi connectivity index (χ0) is 17.6. The van der Waals surface area contributed by atoms with Gasteiger partial charge in [-0.05, 0) is 92.7 Å². The maximum absolute atomic E-state index is 13.4. The number of hydrogen-bond acceptors (Lipinski definition) is 0. The minimum absolute atomic E-state index is 0.273. The van der Waals surface area contributed by atoms with Gasteiger partial charge in [0.1, 0.15) is 5.82 Å². The molecular formula is C23H32ClF. The van der Waals surface area contributed by atoms with Crippen LogP contribution >= 0.6 is 11.6 Å². The van der Waals surface area contributed by atoms with E-state index in [2.05, 4.69) is 12.7 Å². The van der Waals surface area contributed by atoms with Gasteiger partial charge < -0.3 is 0 Å². The summed E-state index contributed by atoms with van der Waals surface area (Å²) >= 11 is 5.96. The number of halogens is 2. The molecule has 0 heterocycles. The molecule has 0 bridgehead atoms. The molecule has 0 radical (unpaired) electrons. The lowest BCUT2D eigenvalue weighted by molar-refractivity contribution is 0.156. The number of benzene rings is 1. The second kappa shape index (κ2) is 9.21. The number of rotatable bonds is 6. The van der Waals surface area contributed by atoms with Gasteiger partial charge >= 0.3 is 0 Å². The molecule has 0 atom stereocenters. The topological polar surface area (TPSA) is 0 Å². The largest absolute Gasteiger partial charge is 0.205 e. The van der Waals surface area contributed by atoms with Gasteiger partial charge in [-0.15, -0.1) is 6.58 Å². The summed E-state index contributed by atoms with van der Waals surface area (Å²) in [6, 6.07) is 5.30. The van der Waals surface area contributed by atoms with Crippen LogP contribution in [0.3, 0.4) is 0 Å². The van der Waals surface area contributed by atoms with Crippen LogP contribution in [0.25, 0.3) is 0 Å². The van der Waals surface area contributed by atoms with E-state index in [1.807, 2.05) is 12.1 Å². The van der Waals surface area contributed by atoms with Crippen molar-refractivity contribution >= 4 is 11.6 Å². The fraction of sp³-hybridized carbons (Fsp3) is 0.652. The molecule has 0 aromatic heterocycles. The predicted molar refractivity (Wildman–Crippen MR) is 106 cm³/mol. The average Bonchev–Trinajstić information content (AvgIpc) is 2.65. The number of allylic oxidation sites excluding steroid dienone is 1. The van der Waals surface area contributed by atoms with Gasteiger partial charge in [0.05, 0.1) is 5.02 Å². The Bertz CT molecular complexity index is 551. The molecule has 2 aliphatic rings. The molecule has 2 saturated carbocycles. The second-order valence-electron chi connectivity index (χ2n) is 8.29. The minimum Gasteiger partial charge on any atom is -0.205 e. The first kappa shape index (κ1) is 19.0. The summed E-state index contributed by atoms with van der Waals surface area (Å²) in [7, 11) is 0. The summed E-state index contributed by atoms with van der Waals surface area (Å²) in [4.78, 5) is 0. The van der Waals surface area contributed by atoms with Crippen molar-refractivity contribution in [1.82, 2.24) is 0 Å². The van der Waals surface area contributed by atoms with E-state index in [0.717, 1.165) is 17.8 Å². The van der Waals surface area contributed by atoms with Crippen LogP contribution in [-0.2, 0) is 0 Å². The third-order valence-corrected chi connectivity index (χ3v) is 7.06. The lowest BCUT2D eigenvalue weighted by atomic mass is 9.68. The molecule has 0 aliphatic heterocycles. The fourth-order valence-electron chi connectivity index (χ4n) is 5.19. The van der Waals surface area contributed by atoms with Gasteiger partial charge in [0, 0.05) is 0 Å². The lowest BCUT2D eigenvalue weighted by Gasteiger charge is -2.38. The van der Waals surface area contributed by atoms with Crippen molar-refractivity contribution in [3.05, 3.63) is 47.3 Å². The van der Waals surface area contributed by atoms with Crippen LogP contribution in [0.15, 0.2) is 30.9 Å². The quantitative estimate of drug-likeness (QED) is 0.356. The van der Waals surface area contributed by atoms with Crippen molar-refractivity contribution in [3.8, 4) is 0 Å². The molecule has 0 unspecified atom stereocenters. The molecule has 2 aliphatic carbocycles. The lowest BCUT2D eigenvalue weighted by Crippen LogP contribution is -2.25. The minimum atomic E-state index is -0.302. The zero-order valence-corrected chi connectivity index (χ0v) is 16.1. The number of hydrogen-bond donors (Lipinski definition) is 0. The van der Waals surface area contributed by atoms with Crippen LogP contribution in [0.4, 0.5) is 4.39 Å². The molecule has 138 valence electrons. The van der Waals surface area contributed by atoms with Gasteiger partial charge in [-0.1, -0.05) is 43.0 Å². The van der Waals surface area contributed by atoms with Gasteiger partial charge in [-0.2, -0.15) is 0 Å². The average molecular weight is 363 g/mol. The molecule has 0 N–H and O–H groups in total. The highest BCUT2D eigenvalue weighted by Gasteiger charge is 2.31. The number of unbranched alkanes of at least 4 members (excludes halogenated alkanes) is 1. The summed E-state index contributed by atoms with van der Waals surface area (Å²) < 4.78 is 13.4. The normalized spacial score (nSPS) is 30.2. The van der Waals surface area contributed by atoms with Crippen LogP contribution in [0.2, 0.25) is 5.02 Å². The van der Waals surface area contributed by atoms with Crippen LogP contribution in [-0.4, -0.2) is 0 Å². The van der Waals surface area contributed by atoms with E-state index in [9.17, 15) is 4.39 Å². The maximum atomic E-state index is 13.4. The van der Waals surface area contributed by atoms with Gasteiger partial charge in [0.2, 0.25) is 0 Å². The second-order valence-corrected chi connectivity index (χ2v) is 8.69. The smallest absolute Gasteiger partial charge is 0.141 e. The molecule has 2 fully saturated rings. The van der Waals surface area contributed by atoms with E-state index < -0.39 is 0 Å². The summed E-state index contributed by atoms with van der Waals surface area (Å²) in [6.45, 7) is 3.83. The van der Waals surface area contributed by atoms with Crippen molar-refractivity contribution in [3.63, 3.8) is 0 Å². The SMILES string of the molecule is C=CCCCC1CCC(C2CCC(c3ccc(F)c(Cl)c3)CC2)CC1. The maximum Gasteiger partial charge on any atom is 0.141 e. The first-order valence-electron chi connectivity index (χ1n) is 10.2. The molecular weight excluding hydrogens is 331 g/mol. The van der Waals surface area contributed by atoms with Crippen molar-refractivity contribution in [2.45, 2.75) is 76.5 Å². The van der Waals surface area contributed by atoms with Gasteiger partial charge in [0.25, 0.3) is 0 Å². The Morgan fingerprint density at radius 2 is 1.64 bits per heavy atom. The Balaban J connectivity index is 1.43. The van der Waals surface area contributed by atoms with E-state index >= 15 is 0 Å². The van der Waals surface area contributed by atoms with E-state index in [-0.39, 0.29) is 10.8 Å². The molecule has 3 rings (SSSR count). The highest BCUT2D eigenvalue weighted by atomic mass is 35.5. The molecule has 25 heavy (non-hydrogen) atoms. The zero-order valence-electron chi connectivity index (χ0n) is 15.4. The molecule has 1 aromatic rings. The first-order valence-corrected chi connectivity index (χ1v) is 10.6. The van der Waals surface area contributed by atoms with Crippen LogP contribution in [0.1, 0.15) is 82.1 Å².